The summed E-state index contributed by atoms with van der Waals surface area (Å²) in [5, 5.41) is 2.91. The zero-order chi connectivity index (χ0) is 12.0. The Balaban J connectivity index is 2.24. The number of aromatic nitrogens is 1. The predicted octanol–water partition coefficient (Wildman–Crippen LogP) is 2.18. The van der Waals surface area contributed by atoms with Gasteiger partial charge < -0.3 is 5.32 Å². The second-order valence-electron chi connectivity index (χ2n) is 5.16. The van der Waals surface area contributed by atoms with Crippen LogP contribution in [0, 0.1) is 5.41 Å². The zero-order valence-corrected chi connectivity index (χ0v) is 10.3. The van der Waals surface area contributed by atoms with E-state index in [1.165, 1.54) is 0 Å². The molecule has 0 saturated carbocycles. The Morgan fingerprint density at radius 2 is 2.12 bits per heavy atom. The van der Waals surface area contributed by atoms with Gasteiger partial charge in [-0.1, -0.05) is 26.8 Å². The van der Waals surface area contributed by atoms with E-state index in [2.05, 4.69) is 31.1 Å². The Labute approximate surface area is 97.3 Å². The van der Waals surface area contributed by atoms with Gasteiger partial charge in [0.1, 0.15) is 0 Å². The lowest BCUT2D eigenvalue weighted by Gasteiger charge is -2.17. The summed E-state index contributed by atoms with van der Waals surface area (Å²) < 4.78 is 0. The Bertz CT molecular complexity index is 328. The summed E-state index contributed by atoms with van der Waals surface area (Å²) in [5.74, 6) is 0.114. The maximum absolute atomic E-state index is 11.5. The Hall–Kier alpha value is -1.38. The predicted molar refractivity (Wildman–Crippen MR) is 65.0 cm³/mol. The van der Waals surface area contributed by atoms with Gasteiger partial charge in [0.25, 0.3) is 0 Å². The second-order valence-corrected chi connectivity index (χ2v) is 5.16. The summed E-state index contributed by atoms with van der Waals surface area (Å²) in [6.07, 6.45) is 3.12. The first kappa shape index (κ1) is 12.7. The van der Waals surface area contributed by atoms with E-state index in [0.717, 1.165) is 12.1 Å². The van der Waals surface area contributed by atoms with Gasteiger partial charge in [-0.25, -0.2) is 0 Å². The van der Waals surface area contributed by atoms with Crippen LogP contribution in [-0.4, -0.2) is 17.4 Å². The first-order valence-electron chi connectivity index (χ1n) is 5.64. The van der Waals surface area contributed by atoms with Crippen molar-refractivity contribution in [3.63, 3.8) is 0 Å². The molecule has 0 aromatic carbocycles. The van der Waals surface area contributed by atoms with Crippen molar-refractivity contribution in [1.29, 1.82) is 0 Å². The van der Waals surface area contributed by atoms with Crippen molar-refractivity contribution in [2.45, 2.75) is 33.6 Å². The van der Waals surface area contributed by atoms with Crippen molar-refractivity contribution in [1.82, 2.24) is 10.3 Å². The molecule has 0 aliphatic carbocycles. The van der Waals surface area contributed by atoms with Crippen LogP contribution in [0.5, 0.6) is 0 Å². The van der Waals surface area contributed by atoms with Gasteiger partial charge in [-0.05, 0) is 17.5 Å². The number of rotatable bonds is 4. The molecule has 0 aliphatic rings. The van der Waals surface area contributed by atoms with Crippen molar-refractivity contribution in [3.8, 4) is 0 Å². The highest BCUT2D eigenvalue weighted by atomic mass is 16.1. The first-order valence-corrected chi connectivity index (χ1v) is 5.64. The molecule has 1 heterocycles. The van der Waals surface area contributed by atoms with Gasteiger partial charge in [0, 0.05) is 31.3 Å². The average molecular weight is 220 g/mol. The molecule has 3 heteroatoms. The van der Waals surface area contributed by atoms with Crippen molar-refractivity contribution in [2.75, 3.05) is 6.54 Å². The monoisotopic (exact) mass is 220 g/mol. The van der Waals surface area contributed by atoms with Crippen LogP contribution < -0.4 is 5.32 Å². The molecule has 1 aromatic heterocycles. The Morgan fingerprint density at radius 3 is 2.69 bits per heavy atom. The molecule has 0 unspecified atom stereocenters. The van der Waals surface area contributed by atoms with Crippen LogP contribution in [0.3, 0.4) is 0 Å². The van der Waals surface area contributed by atoms with Crippen molar-refractivity contribution in [2.24, 2.45) is 5.41 Å². The summed E-state index contributed by atoms with van der Waals surface area (Å²) in [5.41, 5.74) is 1.06. The molecule has 0 saturated heterocycles. The zero-order valence-electron chi connectivity index (χ0n) is 10.3. The highest BCUT2D eigenvalue weighted by Gasteiger charge is 2.15. The number of nitrogens with one attached hydrogen (secondary N) is 1. The third-order valence-corrected chi connectivity index (χ3v) is 2.12. The largest absolute Gasteiger partial charge is 0.356 e. The van der Waals surface area contributed by atoms with Crippen molar-refractivity contribution in [3.05, 3.63) is 30.1 Å². The summed E-state index contributed by atoms with van der Waals surface area (Å²) in [7, 11) is 0. The van der Waals surface area contributed by atoms with Gasteiger partial charge in [0.05, 0.1) is 0 Å². The third kappa shape index (κ3) is 5.49. The molecular formula is C13H20N2O. The van der Waals surface area contributed by atoms with Crippen molar-refractivity contribution >= 4 is 5.91 Å². The standard InChI is InChI=1S/C13H20N2O/c1-13(2,3)10-12(16)15-9-7-11-6-4-5-8-14-11/h4-6,8H,7,9-10H2,1-3H3,(H,15,16). The van der Waals surface area contributed by atoms with E-state index < -0.39 is 0 Å². The first-order chi connectivity index (χ1) is 7.47. The number of nitrogens with zero attached hydrogens (tertiary/aromatic N) is 1. The van der Waals surface area contributed by atoms with Crippen molar-refractivity contribution < 1.29 is 4.79 Å². The number of pyridine rings is 1. The summed E-state index contributed by atoms with van der Waals surface area (Å²) in [4.78, 5) is 15.7. The van der Waals surface area contributed by atoms with Crippen LogP contribution >= 0.6 is 0 Å². The highest BCUT2D eigenvalue weighted by Crippen LogP contribution is 2.17. The SMILES string of the molecule is CC(C)(C)CC(=O)NCCc1ccccn1. The molecule has 0 fully saturated rings. The Kier molecular flexibility index (Phi) is 4.47. The number of hydrogen-bond acceptors (Lipinski definition) is 2. The minimum absolute atomic E-state index is 0.0507. The fraction of sp³-hybridized carbons (Fsp3) is 0.538. The van der Waals surface area contributed by atoms with E-state index >= 15 is 0 Å². The number of amides is 1. The number of carbonyl (C=O) groups excluding carboxylic acids is 1. The molecule has 0 spiro atoms. The highest BCUT2D eigenvalue weighted by molar-refractivity contribution is 5.76. The topological polar surface area (TPSA) is 42.0 Å². The van der Waals surface area contributed by atoms with Crippen LogP contribution in [0.2, 0.25) is 0 Å². The lowest BCUT2D eigenvalue weighted by Crippen LogP contribution is -2.29. The van der Waals surface area contributed by atoms with E-state index in [-0.39, 0.29) is 11.3 Å². The molecule has 0 atom stereocenters. The molecule has 1 N–H and O–H groups in total. The minimum atomic E-state index is 0.0507. The second kappa shape index (κ2) is 5.64. The van der Waals surface area contributed by atoms with E-state index in [1.807, 2.05) is 18.2 Å². The average Bonchev–Trinajstić information content (AvgIpc) is 2.16. The molecule has 88 valence electrons. The fourth-order valence-electron chi connectivity index (χ4n) is 1.42. The normalized spacial score (nSPS) is 11.2. The Morgan fingerprint density at radius 1 is 1.38 bits per heavy atom. The molecular weight excluding hydrogens is 200 g/mol. The number of hydrogen-bond donors (Lipinski definition) is 1. The minimum Gasteiger partial charge on any atom is -0.356 e. The van der Waals surface area contributed by atoms with Crippen LogP contribution in [0.1, 0.15) is 32.9 Å². The van der Waals surface area contributed by atoms with Crippen LogP contribution in [0.15, 0.2) is 24.4 Å². The molecule has 1 aromatic rings. The van der Waals surface area contributed by atoms with Gasteiger partial charge >= 0.3 is 0 Å². The lowest BCUT2D eigenvalue weighted by molar-refractivity contribution is -0.122. The van der Waals surface area contributed by atoms with Crippen LogP contribution in [-0.2, 0) is 11.2 Å². The summed E-state index contributed by atoms with van der Waals surface area (Å²) in [6.45, 7) is 6.84. The molecule has 0 radical (unpaired) electrons. The fourth-order valence-corrected chi connectivity index (χ4v) is 1.42. The van der Waals surface area contributed by atoms with Crippen LogP contribution in [0.4, 0.5) is 0 Å². The van der Waals surface area contributed by atoms with Gasteiger partial charge in [0.2, 0.25) is 5.91 Å². The van der Waals surface area contributed by atoms with E-state index in [9.17, 15) is 4.79 Å². The molecule has 16 heavy (non-hydrogen) atoms. The number of carbonyl (C=O) groups is 1. The van der Waals surface area contributed by atoms with E-state index in [4.69, 9.17) is 0 Å². The maximum Gasteiger partial charge on any atom is 0.220 e. The van der Waals surface area contributed by atoms with Gasteiger partial charge in [0.15, 0.2) is 0 Å². The summed E-state index contributed by atoms with van der Waals surface area (Å²) >= 11 is 0. The lowest BCUT2D eigenvalue weighted by atomic mass is 9.92. The van der Waals surface area contributed by atoms with Gasteiger partial charge in [-0.3, -0.25) is 9.78 Å². The molecule has 3 nitrogen and oxygen atoms in total. The maximum atomic E-state index is 11.5. The van der Waals surface area contributed by atoms with Gasteiger partial charge in [-0.2, -0.15) is 0 Å². The summed E-state index contributed by atoms with van der Waals surface area (Å²) in [6, 6.07) is 5.82. The molecule has 1 rings (SSSR count). The third-order valence-electron chi connectivity index (χ3n) is 2.12. The quantitative estimate of drug-likeness (QED) is 0.845. The molecule has 1 amide bonds. The smallest absolute Gasteiger partial charge is 0.220 e. The van der Waals surface area contributed by atoms with Crippen LogP contribution in [0.25, 0.3) is 0 Å². The van der Waals surface area contributed by atoms with E-state index in [1.54, 1.807) is 6.20 Å². The molecule has 0 bridgehead atoms. The van der Waals surface area contributed by atoms with E-state index in [0.29, 0.717) is 13.0 Å². The van der Waals surface area contributed by atoms with Gasteiger partial charge in [-0.15, -0.1) is 0 Å². The molecule has 0 aliphatic heterocycles.